The van der Waals surface area contributed by atoms with Gasteiger partial charge in [-0.25, -0.2) is 0 Å². The van der Waals surface area contributed by atoms with E-state index in [1.807, 2.05) is 18.2 Å². The fourth-order valence-electron chi connectivity index (χ4n) is 1.87. The van der Waals surface area contributed by atoms with Crippen molar-refractivity contribution < 1.29 is 9.47 Å². The molecule has 1 nitrogen and oxygen atoms in total. The van der Waals surface area contributed by atoms with Crippen molar-refractivity contribution in [3.05, 3.63) is 66.3 Å². The van der Waals surface area contributed by atoms with E-state index < -0.39 is 0 Å². The largest absolute Gasteiger partial charge is 0.294 e. The van der Waals surface area contributed by atoms with Crippen molar-refractivity contribution in [1.82, 2.24) is 0 Å². The molecule has 0 N–H and O–H groups in total. The topological polar surface area (TPSA) is 9.23 Å². The third-order valence-electron chi connectivity index (χ3n) is 2.73. The average Bonchev–Trinajstić information content (AvgIpc) is 2.39. The van der Waals surface area contributed by atoms with Crippen LogP contribution in [-0.2, 0) is 12.8 Å². The molecule has 0 aliphatic carbocycles. The van der Waals surface area contributed by atoms with Gasteiger partial charge in [-0.2, -0.15) is 0 Å². The normalized spacial score (nSPS) is 11.1. The van der Waals surface area contributed by atoms with Crippen LogP contribution in [0.3, 0.4) is 0 Å². The number of rotatable bonds is 7. The van der Waals surface area contributed by atoms with Crippen LogP contribution in [0.1, 0.15) is 24.5 Å². The first kappa shape index (κ1) is 14.2. The van der Waals surface area contributed by atoms with E-state index in [-0.39, 0.29) is 0 Å². The summed E-state index contributed by atoms with van der Waals surface area (Å²) in [5.41, 5.74) is 3.10. The van der Waals surface area contributed by atoms with E-state index in [2.05, 4.69) is 25.0 Å². The van der Waals surface area contributed by atoms with Crippen LogP contribution in [0.4, 0.5) is 4.53 Å². The second kappa shape index (κ2) is 7.49. The third-order valence-corrected chi connectivity index (χ3v) is 2.73. The summed E-state index contributed by atoms with van der Waals surface area (Å²) in [5, 5.41) is 0. The van der Waals surface area contributed by atoms with Crippen LogP contribution in [0.25, 0.3) is 0 Å². The first-order valence-corrected chi connectivity index (χ1v) is 6.09. The maximum absolute atomic E-state index is 12.3. The summed E-state index contributed by atoms with van der Waals surface area (Å²) in [6, 6.07) is 5.53. The zero-order chi connectivity index (χ0) is 13.4. The Kier molecular flexibility index (Phi) is 5.92. The number of hydrogen-bond donors (Lipinski definition) is 0. The van der Waals surface area contributed by atoms with Crippen molar-refractivity contribution >= 4 is 0 Å². The highest BCUT2D eigenvalue weighted by Gasteiger charge is 2.06. The average molecular weight is 246 g/mol. The molecule has 0 aliphatic heterocycles. The molecule has 1 aromatic rings. The van der Waals surface area contributed by atoms with Crippen LogP contribution in [-0.4, -0.2) is 0 Å². The molecule has 0 saturated heterocycles. The van der Waals surface area contributed by atoms with Gasteiger partial charge in [0.15, 0.2) is 5.75 Å². The van der Waals surface area contributed by atoms with Gasteiger partial charge in [-0.05, 0) is 35.6 Å². The Morgan fingerprint density at radius 3 is 2.72 bits per heavy atom. The first-order chi connectivity index (χ1) is 8.74. The molecular weight excluding hydrogens is 227 g/mol. The van der Waals surface area contributed by atoms with Crippen molar-refractivity contribution in [2.45, 2.75) is 26.2 Å². The van der Waals surface area contributed by atoms with E-state index in [1.54, 1.807) is 18.2 Å². The molecule has 18 heavy (non-hydrogen) atoms. The molecule has 0 unspecified atom stereocenters. The van der Waals surface area contributed by atoms with Crippen LogP contribution >= 0.6 is 0 Å². The SMILES string of the molecule is C=C/C=C(\C=C)Cc1ccc(OF)c(CCC)c1. The number of allylic oxidation sites excluding steroid dienone is 4. The van der Waals surface area contributed by atoms with E-state index in [0.29, 0.717) is 5.75 Å². The number of aryl methyl sites for hydroxylation is 1. The highest BCUT2D eigenvalue weighted by molar-refractivity contribution is 5.39. The molecule has 0 radical (unpaired) electrons. The number of hydrogen-bond acceptors (Lipinski definition) is 1. The Labute approximate surface area is 108 Å². The van der Waals surface area contributed by atoms with Gasteiger partial charge in [-0.15, -0.1) is 0 Å². The molecule has 0 fully saturated rings. The van der Waals surface area contributed by atoms with Gasteiger partial charge in [0.05, 0.1) is 0 Å². The van der Waals surface area contributed by atoms with Crippen molar-refractivity contribution in [2.75, 3.05) is 0 Å². The van der Waals surface area contributed by atoms with Gasteiger partial charge in [0.2, 0.25) is 0 Å². The second-order valence-electron chi connectivity index (χ2n) is 4.13. The fraction of sp³-hybridized carbons (Fsp3) is 0.250. The maximum Gasteiger partial charge on any atom is 0.175 e. The first-order valence-electron chi connectivity index (χ1n) is 6.09. The van der Waals surface area contributed by atoms with Gasteiger partial charge in [0.1, 0.15) is 0 Å². The lowest BCUT2D eigenvalue weighted by Crippen LogP contribution is -1.94. The molecule has 0 saturated carbocycles. The fourth-order valence-corrected chi connectivity index (χ4v) is 1.87. The zero-order valence-electron chi connectivity index (χ0n) is 10.8. The van der Waals surface area contributed by atoms with Gasteiger partial charge >= 0.3 is 0 Å². The van der Waals surface area contributed by atoms with Gasteiger partial charge in [-0.1, -0.05) is 56.9 Å². The lowest BCUT2D eigenvalue weighted by Gasteiger charge is -2.08. The Hall–Kier alpha value is -1.83. The molecule has 0 heterocycles. The molecule has 1 aromatic carbocycles. The van der Waals surface area contributed by atoms with Crippen LogP contribution < -0.4 is 4.94 Å². The second-order valence-corrected chi connectivity index (χ2v) is 4.13. The predicted molar refractivity (Wildman–Crippen MR) is 74.4 cm³/mol. The molecule has 0 atom stereocenters. The summed E-state index contributed by atoms with van der Waals surface area (Å²) < 4.78 is 12.3. The molecule has 0 aromatic heterocycles. The Balaban J connectivity index is 2.96. The minimum atomic E-state index is 0.313. The van der Waals surface area contributed by atoms with Crippen LogP contribution in [0.15, 0.2) is 55.2 Å². The Morgan fingerprint density at radius 1 is 1.39 bits per heavy atom. The highest BCUT2D eigenvalue weighted by atomic mass is 19.3. The van der Waals surface area contributed by atoms with Gasteiger partial charge in [-0.3, -0.25) is 4.94 Å². The summed E-state index contributed by atoms with van der Waals surface area (Å²) in [7, 11) is 0. The lowest BCUT2D eigenvalue weighted by molar-refractivity contribution is -0.00735. The smallest absolute Gasteiger partial charge is 0.175 e. The summed E-state index contributed by atoms with van der Waals surface area (Å²) in [6.45, 7) is 9.50. The summed E-state index contributed by atoms with van der Waals surface area (Å²) in [4.78, 5) is 3.88. The lowest BCUT2D eigenvalue weighted by atomic mass is 10.00. The molecule has 1 rings (SSSR count). The molecular formula is C16H19FO. The van der Waals surface area contributed by atoms with E-state index in [4.69, 9.17) is 0 Å². The summed E-state index contributed by atoms with van der Waals surface area (Å²) in [6.07, 6.45) is 7.99. The zero-order valence-corrected chi connectivity index (χ0v) is 10.8. The Morgan fingerprint density at radius 2 is 2.17 bits per heavy atom. The van der Waals surface area contributed by atoms with Crippen molar-refractivity contribution in [3.63, 3.8) is 0 Å². The quantitative estimate of drug-likeness (QED) is 0.631. The Bertz CT molecular complexity index is 446. The summed E-state index contributed by atoms with van der Waals surface area (Å²) >= 11 is 0. The maximum atomic E-state index is 12.3. The van der Waals surface area contributed by atoms with Gasteiger partial charge < -0.3 is 0 Å². The van der Waals surface area contributed by atoms with Crippen LogP contribution in [0, 0.1) is 0 Å². The van der Waals surface area contributed by atoms with E-state index in [1.165, 1.54) is 0 Å². The van der Waals surface area contributed by atoms with Gasteiger partial charge in [0.25, 0.3) is 0 Å². The van der Waals surface area contributed by atoms with Crippen molar-refractivity contribution in [1.29, 1.82) is 0 Å². The van der Waals surface area contributed by atoms with Crippen molar-refractivity contribution in [2.24, 2.45) is 0 Å². The van der Waals surface area contributed by atoms with Crippen LogP contribution in [0.2, 0.25) is 0 Å². The molecule has 0 amide bonds. The molecule has 0 bridgehead atoms. The standard InChI is InChI=1S/C16H19FO/c1-4-7-13(6-3)11-14-9-10-16(18-17)15(12-14)8-5-2/h4,6-7,9-10,12H,1,3,5,8,11H2,2H3/b13-7+. The monoisotopic (exact) mass is 246 g/mol. The van der Waals surface area contributed by atoms with Gasteiger partial charge in [0, 0.05) is 4.53 Å². The molecule has 2 heteroatoms. The van der Waals surface area contributed by atoms with Crippen molar-refractivity contribution in [3.8, 4) is 5.75 Å². The number of halogens is 1. The highest BCUT2D eigenvalue weighted by Crippen LogP contribution is 2.23. The van der Waals surface area contributed by atoms with Crippen LogP contribution in [0.5, 0.6) is 5.75 Å². The minimum absolute atomic E-state index is 0.313. The molecule has 96 valence electrons. The minimum Gasteiger partial charge on any atom is -0.294 e. The molecule has 0 spiro atoms. The summed E-state index contributed by atoms with van der Waals surface area (Å²) in [5.74, 6) is 0.313. The predicted octanol–water partition coefficient (Wildman–Crippen LogP) is 4.74. The molecule has 0 aliphatic rings. The van der Waals surface area contributed by atoms with E-state index in [0.717, 1.165) is 36.0 Å². The third kappa shape index (κ3) is 3.88. The number of benzene rings is 1. The van der Waals surface area contributed by atoms with E-state index >= 15 is 0 Å². The van der Waals surface area contributed by atoms with E-state index in [9.17, 15) is 4.53 Å².